The molecule has 1 aromatic heterocycles. The van der Waals surface area contributed by atoms with Crippen molar-refractivity contribution in [3.05, 3.63) is 51.8 Å². The van der Waals surface area contributed by atoms with Crippen molar-refractivity contribution in [3.8, 4) is 0 Å². The van der Waals surface area contributed by atoms with E-state index in [1.54, 1.807) is 12.1 Å². The summed E-state index contributed by atoms with van der Waals surface area (Å²) in [5.41, 5.74) is 3.96. The van der Waals surface area contributed by atoms with E-state index in [0.717, 1.165) is 22.5 Å². The van der Waals surface area contributed by atoms with Crippen LogP contribution in [0.1, 0.15) is 35.5 Å². The zero-order valence-corrected chi connectivity index (χ0v) is 15.3. The Morgan fingerprint density at radius 1 is 1.33 bits per heavy atom. The van der Waals surface area contributed by atoms with Gasteiger partial charge in [-0.25, -0.2) is 0 Å². The molecule has 6 heteroatoms. The third-order valence-electron chi connectivity index (χ3n) is 4.39. The number of benzene rings is 1. The first-order valence-corrected chi connectivity index (χ1v) is 8.37. The van der Waals surface area contributed by atoms with E-state index in [1.165, 1.54) is 0 Å². The van der Waals surface area contributed by atoms with E-state index >= 15 is 0 Å². The Morgan fingerprint density at radius 3 is 2.46 bits per heavy atom. The number of hydrogen-bond acceptors (Lipinski definition) is 3. The molecule has 1 aromatic carbocycles. The van der Waals surface area contributed by atoms with Crippen LogP contribution in [0.25, 0.3) is 0 Å². The average Bonchev–Trinajstić information content (AvgIpc) is 2.79. The van der Waals surface area contributed by atoms with Crippen molar-refractivity contribution in [2.75, 3.05) is 6.61 Å². The fraction of sp³-hybridized carbons (Fsp3) is 0.444. The van der Waals surface area contributed by atoms with Gasteiger partial charge < -0.3 is 10.4 Å². The van der Waals surface area contributed by atoms with Crippen LogP contribution in [0.15, 0.2) is 24.3 Å². The van der Waals surface area contributed by atoms with Crippen LogP contribution in [0.2, 0.25) is 5.02 Å². The van der Waals surface area contributed by atoms with Crippen LogP contribution in [-0.2, 0) is 18.3 Å². The second-order valence-electron chi connectivity index (χ2n) is 6.17. The smallest absolute Gasteiger partial charge is 0.223 e. The highest BCUT2D eigenvalue weighted by Gasteiger charge is 2.21. The van der Waals surface area contributed by atoms with Crippen LogP contribution in [0, 0.1) is 19.8 Å². The minimum absolute atomic E-state index is 0.0911. The summed E-state index contributed by atoms with van der Waals surface area (Å²) in [4.78, 5) is 12.5. The Hall–Kier alpha value is -1.85. The van der Waals surface area contributed by atoms with Crippen molar-refractivity contribution in [2.24, 2.45) is 13.0 Å². The van der Waals surface area contributed by atoms with Crippen molar-refractivity contribution >= 4 is 17.5 Å². The van der Waals surface area contributed by atoms with E-state index < -0.39 is 6.04 Å². The Labute approximate surface area is 147 Å². The lowest BCUT2D eigenvalue weighted by molar-refractivity contribution is -0.125. The molecule has 1 heterocycles. The number of aromatic nitrogens is 2. The van der Waals surface area contributed by atoms with Crippen LogP contribution < -0.4 is 5.32 Å². The minimum atomic E-state index is -0.437. The van der Waals surface area contributed by atoms with Gasteiger partial charge in [-0.3, -0.25) is 9.48 Å². The molecule has 0 aliphatic carbocycles. The number of carbonyl (C=O) groups is 1. The van der Waals surface area contributed by atoms with Crippen molar-refractivity contribution in [2.45, 2.75) is 33.2 Å². The number of halogens is 1. The van der Waals surface area contributed by atoms with E-state index in [9.17, 15) is 9.90 Å². The maximum Gasteiger partial charge on any atom is 0.223 e. The summed E-state index contributed by atoms with van der Waals surface area (Å²) < 4.78 is 1.83. The number of nitrogens with one attached hydrogen (secondary N) is 1. The van der Waals surface area contributed by atoms with Gasteiger partial charge in [0, 0.05) is 23.7 Å². The third kappa shape index (κ3) is 4.16. The molecule has 5 nitrogen and oxygen atoms in total. The van der Waals surface area contributed by atoms with Crippen LogP contribution in [-0.4, -0.2) is 27.4 Å². The minimum Gasteiger partial charge on any atom is -0.394 e. The van der Waals surface area contributed by atoms with Crippen molar-refractivity contribution in [3.63, 3.8) is 0 Å². The molecule has 2 unspecified atom stereocenters. The zero-order valence-electron chi connectivity index (χ0n) is 14.5. The number of aliphatic hydroxyl groups excluding tert-OH is 1. The predicted octanol–water partition coefficient (Wildman–Crippen LogP) is 2.72. The first-order valence-electron chi connectivity index (χ1n) is 7.99. The topological polar surface area (TPSA) is 67.2 Å². The molecule has 2 atom stereocenters. The van der Waals surface area contributed by atoms with Gasteiger partial charge in [0.1, 0.15) is 0 Å². The highest BCUT2D eigenvalue weighted by atomic mass is 35.5. The van der Waals surface area contributed by atoms with Gasteiger partial charge in [-0.2, -0.15) is 5.10 Å². The van der Waals surface area contributed by atoms with E-state index in [1.807, 2.05) is 44.6 Å². The lowest BCUT2D eigenvalue weighted by Gasteiger charge is -2.20. The van der Waals surface area contributed by atoms with Crippen molar-refractivity contribution < 1.29 is 9.90 Å². The maximum atomic E-state index is 12.5. The van der Waals surface area contributed by atoms with Crippen LogP contribution in [0.5, 0.6) is 0 Å². The molecule has 0 radical (unpaired) electrons. The summed E-state index contributed by atoms with van der Waals surface area (Å²) in [5, 5.41) is 17.5. The number of aliphatic hydroxyl groups is 1. The van der Waals surface area contributed by atoms with Gasteiger partial charge in [-0.15, -0.1) is 0 Å². The second-order valence-corrected chi connectivity index (χ2v) is 6.61. The lowest BCUT2D eigenvalue weighted by Crippen LogP contribution is -2.35. The second kappa shape index (κ2) is 7.81. The van der Waals surface area contributed by atoms with Crippen LogP contribution in [0.3, 0.4) is 0 Å². The molecule has 0 aliphatic rings. The summed E-state index contributed by atoms with van der Waals surface area (Å²) in [6, 6.07) is 6.68. The molecule has 2 N–H and O–H groups in total. The molecule has 0 saturated carbocycles. The maximum absolute atomic E-state index is 12.5. The fourth-order valence-electron chi connectivity index (χ4n) is 2.76. The molecule has 0 fully saturated rings. The summed E-state index contributed by atoms with van der Waals surface area (Å²) >= 11 is 5.88. The molecule has 24 heavy (non-hydrogen) atoms. The van der Waals surface area contributed by atoms with E-state index in [0.29, 0.717) is 11.4 Å². The summed E-state index contributed by atoms with van der Waals surface area (Å²) in [5.74, 6) is -0.306. The summed E-state index contributed by atoms with van der Waals surface area (Å²) in [6.07, 6.45) is 0.621. The van der Waals surface area contributed by atoms with E-state index in [4.69, 9.17) is 11.6 Å². The SMILES string of the molecule is Cc1nn(C)c(C)c1CC(C)C(=O)NC(CO)c1ccc(Cl)cc1. The number of hydrogen-bond donors (Lipinski definition) is 2. The highest BCUT2D eigenvalue weighted by Crippen LogP contribution is 2.19. The number of rotatable bonds is 6. The molecule has 0 saturated heterocycles. The summed E-state index contributed by atoms with van der Waals surface area (Å²) in [6.45, 7) is 5.68. The fourth-order valence-corrected chi connectivity index (χ4v) is 2.88. The van der Waals surface area contributed by atoms with Crippen molar-refractivity contribution in [1.82, 2.24) is 15.1 Å². The van der Waals surface area contributed by atoms with Crippen LogP contribution >= 0.6 is 11.6 Å². The average molecular weight is 350 g/mol. The predicted molar refractivity (Wildman–Crippen MR) is 95.0 cm³/mol. The van der Waals surface area contributed by atoms with Gasteiger partial charge in [-0.1, -0.05) is 30.7 Å². The highest BCUT2D eigenvalue weighted by molar-refractivity contribution is 6.30. The normalized spacial score (nSPS) is 13.6. The molecular weight excluding hydrogens is 326 g/mol. The Bertz CT molecular complexity index is 710. The van der Waals surface area contributed by atoms with Gasteiger partial charge in [0.15, 0.2) is 0 Å². The number of amides is 1. The van der Waals surface area contributed by atoms with E-state index in [-0.39, 0.29) is 18.4 Å². The number of aryl methyl sites for hydroxylation is 2. The first kappa shape index (κ1) is 18.5. The number of nitrogens with zero attached hydrogens (tertiary/aromatic N) is 2. The molecular formula is C18H24ClN3O2. The Morgan fingerprint density at radius 2 is 1.96 bits per heavy atom. The molecule has 1 amide bonds. The largest absolute Gasteiger partial charge is 0.394 e. The quantitative estimate of drug-likeness (QED) is 0.842. The molecule has 2 rings (SSSR count). The lowest BCUT2D eigenvalue weighted by atomic mass is 9.98. The monoisotopic (exact) mass is 349 g/mol. The Balaban J connectivity index is 2.05. The van der Waals surface area contributed by atoms with Gasteiger partial charge in [0.05, 0.1) is 18.3 Å². The van der Waals surface area contributed by atoms with Crippen LogP contribution in [0.4, 0.5) is 0 Å². The van der Waals surface area contributed by atoms with E-state index in [2.05, 4.69) is 10.4 Å². The number of carbonyl (C=O) groups excluding carboxylic acids is 1. The van der Waals surface area contributed by atoms with Gasteiger partial charge in [0.2, 0.25) is 5.91 Å². The third-order valence-corrected chi connectivity index (χ3v) is 4.64. The van der Waals surface area contributed by atoms with Gasteiger partial charge in [-0.05, 0) is 43.5 Å². The van der Waals surface area contributed by atoms with Gasteiger partial charge >= 0.3 is 0 Å². The first-order chi connectivity index (χ1) is 11.3. The molecule has 0 bridgehead atoms. The zero-order chi connectivity index (χ0) is 17.9. The molecule has 0 spiro atoms. The Kier molecular flexibility index (Phi) is 6.02. The summed E-state index contributed by atoms with van der Waals surface area (Å²) in [7, 11) is 1.90. The molecule has 0 aliphatic heterocycles. The van der Waals surface area contributed by atoms with Gasteiger partial charge in [0.25, 0.3) is 0 Å². The van der Waals surface area contributed by atoms with Crippen molar-refractivity contribution in [1.29, 1.82) is 0 Å². The molecule has 2 aromatic rings. The standard InChI is InChI=1S/C18H24ClN3O2/c1-11(9-16-12(2)21-22(4)13(16)3)18(24)20-17(10-23)14-5-7-15(19)8-6-14/h5-8,11,17,23H,9-10H2,1-4H3,(H,20,24). The molecule has 130 valence electrons.